The third-order valence-electron chi connectivity index (χ3n) is 3.94. The molecular formula is C19H18ClN5O. The van der Waals surface area contributed by atoms with Gasteiger partial charge in [-0.2, -0.15) is 15.6 Å². The van der Waals surface area contributed by atoms with Gasteiger partial charge in [-0.3, -0.25) is 9.48 Å². The number of carbonyl (C=O) groups is 1. The molecule has 0 aliphatic rings. The lowest BCUT2D eigenvalue weighted by atomic mass is 10.1. The minimum absolute atomic E-state index is 0.125. The molecular weight excluding hydrogens is 350 g/mol. The van der Waals surface area contributed by atoms with E-state index in [1.54, 1.807) is 6.08 Å². The Balaban J connectivity index is 2.22. The second kappa shape index (κ2) is 8.84. The normalized spacial score (nSPS) is 10.5. The fourth-order valence-corrected chi connectivity index (χ4v) is 2.73. The number of hydrogen-bond donors (Lipinski definition) is 0. The summed E-state index contributed by atoms with van der Waals surface area (Å²) in [5, 5.41) is 22.7. The van der Waals surface area contributed by atoms with Crippen LogP contribution in [0.25, 0.3) is 6.08 Å². The van der Waals surface area contributed by atoms with Gasteiger partial charge in [-0.05, 0) is 31.6 Å². The summed E-state index contributed by atoms with van der Waals surface area (Å²) in [6, 6.07) is 11.3. The predicted molar refractivity (Wildman–Crippen MR) is 99.1 cm³/mol. The van der Waals surface area contributed by atoms with Gasteiger partial charge < -0.3 is 4.90 Å². The Morgan fingerprint density at radius 1 is 1.27 bits per heavy atom. The summed E-state index contributed by atoms with van der Waals surface area (Å²) in [6.07, 6.45) is 3.04. The van der Waals surface area contributed by atoms with Gasteiger partial charge in [-0.1, -0.05) is 29.8 Å². The number of aryl methyl sites for hydroxylation is 1. The first-order valence-electron chi connectivity index (χ1n) is 7.96. The lowest BCUT2D eigenvalue weighted by molar-refractivity contribution is -0.124. The predicted octanol–water partition coefficient (Wildman–Crippen LogP) is 3.09. The molecule has 0 spiro atoms. The number of benzene rings is 1. The van der Waals surface area contributed by atoms with E-state index in [0.717, 1.165) is 22.5 Å². The van der Waals surface area contributed by atoms with E-state index in [2.05, 4.69) is 5.10 Å². The van der Waals surface area contributed by atoms with Gasteiger partial charge in [0.25, 0.3) is 0 Å². The minimum Gasteiger partial charge on any atom is -0.313 e. The zero-order valence-electron chi connectivity index (χ0n) is 14.6. The molecule has 0 saturated carbocycles. The molecule has 1 heterocycles. The number of rotatable bonds is 6. The van der Waals surface area contributed by atoms with Crippen LogP contribution in [-0.4, -0.2) is 33.7 Å². The highest BCUT2D eigenvalue weighted by atomic mass is 35.5. The van der Waals surface area contributed by atoms with Crippen LogP contribution >= 0.6 is 11.6 Å². The van der Waals surface area contributed by atoms with Gasteiger partial charge in [0, 0.05) is 22.4 Å². The van der Waals surface area contributed by atoms with Crippen LogP contribution in [0, 0.1) is 36.5 Å². The van der Waals surface area contributed by atoms with Gasteiger partial charge in [0.2, 0.25) is 5.91 Å². The lowest BCUT2D eigenvalue weighted by Crippen LogP contribution is -2.30. The molecule has 0 N–H and O–H groups in total. The number of hydrogen-bond acceptors (Lipinski definition) is 4. The van der Waals surface area contributed by atoms with Crippen LogP contribution in [0.4, 0.5) is 0 Å². The van der Waals surface area contributed by atoms with Crippen LogP contribution in [0.2, 0.25) is 5.02 Å². The Morgan fingerprint density at radius 2 is 1.92 bits per heavy atom. The fraction of sp³-hybridized carbons (Fsp3) is 0.263. The van der Waals surface area contributed by atoms with Crippen LogP contribution in [0.1, 0.15) is 22.5 Å². The van der Waals surface area contributed by atoms with Crippen LogP contribution < -0.4 is 0 Å². The Hall–Kier alpha value is -3.09. The summed E-state index contributed by atoms with van der Waals surface area (Å²) in [6.45, 7) is 4.07. The number of nitrogens with zero attached hydrogens (tertiary/aromatic N) is 5. The molecule has 7 heteroatoms. The maximum Gasteiger partial charge on any atom is 0.248 e. The molecule has 0 atom stereocenters. The van der Waals surface area contributed by atoms with Crippen LogP contribution in [0.3, 0.4) is 0 Å². The van der Waals surface area contributed by atoms with Crippen molar-refractivity contribution < 1.29 is 4.79 Å². The van der Waals surface area contributed by atoms with E-state index in [9.17, 15) is 4.79 Å². The van der Waals surface area contributed by atoms with E-state index in [4.69, 9.17) is 22.1 Å². The number of halogens is 1. The average Bonchev–Trinajstić information content (AvgIpc) is 2.88. The standard InChI is InChI=1S/C19H18ClN5O/c1-14-17(7-8-19(26)24(11-9-21)12-10-22)15(2)25(23-14)13-16-5-3-4-6-18(16)20/h3-8H,11-13H2,1-2H3/b8-7+. The van der Waals surface area contributed by atoms with Crippen molar-refractivity contribution in [3.05, 3.63) is 57.9 Å². The van der Waals surface area contributed by atoms with Crippen LogP contribution in [0.5, 0.6) is 0 Å². The fourth-order valence-electron chi connectivity index (χ4n) is 2.54. The van der Waals surface area contributed by atoms with E-state index in [1.165, 1.54) is 11.0 Å². The smallest absolute Gasteiger partial charge is 0.248 e. The second-order valence-electron chi connectivity index (χ2n) is 5.68. The van der Waals surface area contributed by atoms with Crippen molar-refractivity contribution >= 4 is 23.6 Å². The number of nitriles is 2. The molecule has 0 radical (unpaired) electrons. The first-order chi connectivity index (χ1) is 12.5. The maximum absolute atomic E-state index is 12.2. The summed E-state index contributed by atoms with van der Waals surface area (Å²) >= 11 is 6.21. The van der Waals surface area contributed by atoms with E-state index in [1.807, 2.05) is 54.9 Å². The van der Waals surface area contributed by atoms with Crippen molar-refractivity contribution in [2.24, 2.45) is 0 Å². The van der Waals surface area contributed by atoms with Gasteiger partial charge in [0.05, 0.1) is 24.4 Å². The molecule has 1 amide bonds. The monoisotopic (exact) mass is 367 g/mol. The molecule has 1 aromatic carbocycles. The van der Waals surface area contributed by atoms with Crippen LogP contribution in [0.15, 0.2) is 30.3 Å². The van der Waals surface area contributed by atoms with Crippen molar-refractivity contribution in [1.29, 1.82) is 10.5 Å². The molecule has 1 aromatic heterocycles. The molecule has 26 heavy (non-hydrogen) atoms. The highest BCUT2D eigenvalue weighted by Gasteiger charge is 2.13. The molecule has 0 aliphatic carbocycles. The molecule has 0 fully saturated rings. The number of amides is 1. The topological polar surface area (TPSA) is 85.7 Å². The highest BCUT2D eigenvalue weighted by Crippen LogP contribution is 2.20. The molecule has 0 aliphatic heterocycles. The van der Waals surface area contributed by atoms with Gasteiger partial charge in [-0.15, -0.1) is 0 Å². The van der Waals surface area contributed by atoms with E-state index in [0.29, 0.717) is 11.6 Å². The van der Waals surface area contributed by atoms with Crippen molar-refractivity contribution in [2.75, 3.05) is 13.1 Å². The first kappa shape index (κ1) is 19.2. The summed E-state index contributed by atoms with van der Waals surface area (Å²) in [7, 11) is 0. The Morgan fingerprint density at radius 3 is 2.54 bits per heavy atom. The maximum atomic E-state index is 12.2. The summed E-state index contributed by atoms with van der Waals surface area (Å²) in [4.78, 5) is 13.3. The first-order valence-corrected chi connectivity index (χ1v) is 8.34. The van der Waals surface area contributed by atoms with Crippen molar-refractivity contribution in [3.63, 3.8) is 0 Å². The van der Waals surface area contributed by atoms with Crippen molar-refractivity contribution in [2.45, 2.75) is 20.4 Å². The molecule has 0 unspecified atom stereocenters. The summed E-state index contributed by atoms with van der Waals surface area (Å²) < 4.78 is 1.84. The number of carbonyl (C=O) groups excluding carboxylic acids is 1. The van der Waals surface area contributed by atoms with Gasteiger partial charge in [0.1, 0.15) is 13.1 Å². The quantitative estimate of drug-likeness (QED) is 0.580. The zero-order chi connectivity index (χ0) is 19.1. The average molecular weight is 368 g/mol. The van der Waals surface area contributed by atoms with Crippen LogP contribution in [-0.2, 0) is 11.3 Å². The third-order valence-corrected chi connectivity index (χ3v) is 4.31. The molecule has 132 valence electrons. The molecule has 6 nitrogen and oxygen atoms in total. The van der Waals surface area contributed by atoms with E-state index in [-0.39, 0.29) is 19.0 Å². The van der Waals surface area contributed by atoms with Crippen molar-refractivity contribution in [3.8, 4) is 12.1 Å². The Labute approximate surface area is 157 Å². The number of aromatic nitrogens is 2. The highest BCUT2D eigenvalue weighted by molar-refractivity contribution is 6.31. The van der Waals surface area contributed by atoms with Crippen molar-refractivity contribution in [1.82, 2.24) is 14.7 Å². The minimum atomic E-state index is -0.384. The Bertz CT molecular complexity index is 901. The summed E-state index contributed by atoms with van der Waals surface area (Å²) in [5.41, 5.74) is 3.48. The molecule has 0 bridgehead atoms. The largest absolute Gasteiger partial charge is 0.313 e. The van der Waals surface area contributed by atoms with E-state index >= 15 is 0 Å². The second-order valence-corrected chi connectivity index (χ2v) is 6.08. The molecule has 2 rings (SSSR count). The summed E-state index contributed by atoms with van der Waals surface area (Å²) in [5.74, 6) is -0.384. The van der Waals surface area contributed by atoms with Gasteiger partial charge in [0.15, 0.2) is 0 Å². The van der Waals surface area contributed by atoms with E-state index < -0.39 is 0 Å². The van der Waals surface area contributed by atoms with Gasteiger partial charge in [-0.25, -0.2) is 0 Å². The molecule has 0 saturated heterocycles. The lowest BCUT2D eigenvalue weighted by Gasteiger charge is -2.12. The zero-order valence-corrected chi connectivity index (χ0v) is 15.4. The Kier molecular flexibility index (Phi) is 6.54. The SMILES string of the molecule is Cc1nn(Cc2ccccc2Cl)c(C)c1/C=C/C(=O)N(CC#N)CC#N. The molecule has 2 aromatic rings. The third kappa shape index (κ3) is 4.50. The van der Waals surface area contributed by atoms with Gasteiger partial charge >= 0.3 is 0 Å².